The van der Waals surface area contributed by atoms with Crippen LogP contribution in [0, 0.1) is 5.82 Å². The van der Waals surface area contributed by atoms with Crippen LogP contribution in [0.25, 0.3) is 0 Å². The Morgan fingerprint density at radius 1 is 1.29 bits per heavy atom. The van der Waals surface area contributed by atoms with E-state index >= 15 is 0 Å². The zero-order valence-corrected chi connectivity index (χ0v) is 11.4. The fourth-order valence-corrected chi connectivity index (χ4v) is 2.05. The average Bonchev–Trinajstić information content (AvgIpc) is 2.30. The summed E-state index contributed by atoms with van der Waals surface area (Å²) in [5.41, 5.74) is 0.428. The number of halogens is 2. The number of nitrogens with one attached hydrogen (secondary N) is 1. The lowest BCUT2D eigenvalue weighted by molar-refractivity contribution is 0.586. The van der Waals surface area contributed by atoms with Crippen molar-refractivity contribution < 1.29 is 4.39 Å². The molecule has 0 aliphatic carbocycles. The van der Waals surface area contributed by atoms with E-state index in [1.54, 1.807) is 12.1 Å². The molecule has 96 valence electrons. The standard InChI is InChI=1S/C14H21ClFN/c1-3-4-5-6-8-11(2)17-14-12(15)9-7-10-13(14)16/h7,9-11,17H,3-6,8H2,1-2H3. The Hall–Kier alpha value is -0.760. The molecule has 0 radical (unpaired) electrons. The molecule has 0 spiro atoms. The highest BCUT2D eigenvalue weighted by molar-refractivity contribution is 6.33. The zero-order valence-electron chi connectivity index (χ0n) is 10.6. The molecule has 0 saturated carbocycles. The van der Waals surface area contributed by atoms with E-state index in [0.717, 1.165) is 6.42 Å². The van der Waals surface area contributed by atoms with E-state index in [2.05, 4.69) is 19.2 Å². The number of unbranched alkanes of at least 4 members (excludes halogenated alkanes) is 3. The maximum absolute atomic E-state index is 13.5. The van der Waals surface area contributed by atoms with Crippen LogP contribution in [0.15, 0.2) is 18.2 Å². The van der Waals surface area contributed by atoms with Crippen molar-refractivity contribution >= 4 is 17.3 Å². The quantitative estimate of drug-likeness (QED) is 0.658. The third-order valence-corrected chi connectivity index (χ3v) is 3.16. The van der Waals surface area contributed by atoms with E-state index in [1.165, 1.54) is 31.7 Å². The van der Waals surface area contributed by atoms with Gasteiger partial charge in [-0.2, -0.15) is 0 Å². The second kappa shape index (κ2) is 7.54. The Morgan fingerprint density at radius 3 is 2.71 bits per heavy atom. The monoisotopic (exact) mass is 257 g/mol. The van der Waals surface area contributed by atoms with Crippen molar-refractivity contribution in [3.8, 4) is 0 Å². The second-order valence-corrected chi connectivity index (χ2v) is 4.90. The molecule has 17 heavy (non-hydrogen) atoms. The molecule has 1 N–H and O–H groups in total. The van der Waals surface area contributed by atoms with Crippen molar-refractivity contribution in [2.24, 2.45) is 0 Å². The molecule has 1 aromatic carbocycles. The maximum Gasteiger partial charge on any atom is 0.147 e. The third kappa shape index (κ3) is 4.95. The second-order valence-electron chi connectivity index (χ2n) is 4.49. The van der Waals surface area contributed by atoms with Gasteiger partial charge in [0.1, 0.15) is 5.82 Å². The van der Waals surface area contributed by atoms with Crippen molar-refractivity contribution in [1.29, 1.82) is 0 Å². The third-order valence-electron chi connectivity index (χ3n) is 2.84. The van der Waals surface area contributed by atoms with E-state index in [9.17, 15) is 4.39 Å². The molecule has 0 aromatic heterocycles. The number of rotatable bonds is 7. The predicted octanol–water partition coefficient (Wildman–Crippen LogP) is 5.25. The summed E-state index contributed by atoms with van der Waals surface area (Å²) in [6.45, 7) is 4.26. The minimum atomic E-state index is -0.280. The van der Waals surface area contributed by atoms with Gasteiger partial charge in [0.15, 0.2) is 0 Å². The Balaban J connectivity index is 2.42. The molecular formula is C14H21ClFN. The Labute approximate surface area is 108 Å². The summed E-state index contributed by atoms with van der Waals surface area (Å²) in [7, 11) is 0. The molecule has 1 aromatic rings. The molecule has 0 amide bonds. The van der Waals surface area contributed by atoms with Gasteiger partial charge in [-0.3, -0.25) is 0 Å². The van der Waals surface area contributed by atoms with E-state index in [0.29, 0.717) is 10.7 Å². The first-order valence-electron chi connectivity index (χ1n) is 6.35. The van der Waals surface area contributed by atoms with Crippen LogP contribution in [-0.2, 0) is 0 Å². The van der Waals surface area contributed by atoms with E-state index in [-0.39, 0.29) is 11.9 Å². The molecule has 0 aliphatic rings. The molecule has 0 fully saturated rings. The van der Waals surface area contributed by atoms with Gasteiger partial charge in [0.25, 0.3) is 0 Å². The van der Waals surface area contributed by atoms with Crippen molar-refractivity contribution in [1.82, 2.24) is 0 Å². The molecule has 0 heterocycles. The molecule has 0 bridgehead atoms. The Bertz CT molecular complexity index is 321. The zero-order chi connectivity index (χ0) is 12.7. The molecule has 0 saturated heterocycles. The number of benzene rings is 1. The van der Waals surface area contributed by atoms with E-state index < -0.39 is 0 Å². The van der Waals surface area contributed by atoms with Gasteiger partial charge >= 0.3 is 0 Å². The first-order valence-corrected chi connectivity index (χ1v) is 6.73. The van der Waals surface area contributed by atoms with Crippen LogP contribution in [0.1, 0.15) is 46.0 Å². The van der Waals surface area contributed by atoms with Gasteiger partial charge in [-0.1, -0.05) is 50.3 Å². The Kier molecular flexibility index (Phi) is 6.35. The molecular weight excluding hydrogens is 237 g/mol. The van der Waals surface area contributed by atoms with Gasteiger partial charge in [0.2, 0.25) is 0 Å². The first kappa shape index (κ1) is 14.3. The van der Waals surface area contributed by atoms with Gasteiger partial charge in [0, 0.05) is 6.04 Å². The normalized spacial score (nSPS) is 12.5. The van der Waals surface area contributed by atoms with Gasteiger partial charge in [-0.25, -0.2) is 4.39 Å². The summed E-state index contributed by atoms with van der Waals surface area (Å²) >= 11 is 5.95. The smallest absolute Gasteiger partial charge is 0.147 e. The summed E-state index contributed by atoms with van der Waals surface area (Å²) in [4.78, 5) is 0. The maximum atomic E-state index is 13.5. The van der Waals surface area contributed by atoms with Crippen molar-refractivity contribution in [3.05, 3.63) is 29.0 Å². The summed E-state index contributed by atoms with van der Waals surface area (Å²) in [6, 6.07) is 5.00. The lowest BCUT2D eigenvalue weighted by atomic mass is 10.1. The first-order chi connectivity index (χ1) is 8.15. The van der Waals surface area contributed by atoms with Gasteiger partial charge in [-0.05, 0) is 25.5 Å². The minimum Gasteiger partial charge on any atom is -0.379 e. The SMILES string of the molecule is CCCCCCC(C)Nc1c(F)cccc1Cl. The van der Waals surface area contributed by atoms with Crippen LogP contribution in [0.2, 0.25) is 5.02 Å². The Morgan fingerprint density at radius 2 is 2.06 bits per heavy atom. The minimum absolute atomic E-state index is 0.251. The largest absolute Gasteiger partial charge is 0.379 e. The highest BCUT2D eigenvalue weighted by Crippen LogP contribution is 2.25. The molecule has 3 heteroatoms. The van der Waals surface area contributed by atoms with E-state index in [4.69, 9.17) is 11.6 Å². The summed E-state index contributed by atoms with van der Waals surface area (Å²) in [5, 5.41) is 3.60. The van der Waals surface area contributed by atoms with Gasteiger partial charge in [-0.15, -0.1) is 0 Å². The predicted molar refractivity (Wildman–Crippen MR) is 73.3 cm³/mol. The molecule has 1 unspecified atom stereocenters. The number of hydrogen-bond acceptors (Lipinski definition) is 1. The number of hydrogen-bond donors (Lipinski definition) is 1. The van der Waals surface area contributed by atoms with Crippen molar-refractivity contribution in [2.75, 3.05) is 5.32 Å². The van der Waals surface area contributed by atoms with Crippen LogP contribution >= 0.6 is 11.6 Å². The van der Waals surface area contributed by atoms with E-state index in [1.807, 2.05) is 0 Å². The summed E-state index contributed by atoms with van der Waals surface area (Å²) in [6.07, 6.45) is 5.97. The molecule has 1 rings (SSSR count). The van der Waals surface area contributed by atoms with Gasteiger partial charge < -0.3 is 5.32 Å². The lowest BCUT2D eigenvalue weighted by Gasteiger charge is -2.16. The van der Waals surface area contributed by atoms with Crippen LogP contribution < -0.4 is 5.32 Å². The van der Waals surface area contributed by atoms with Crippen molar-refractivity contribution in [2.45, 2.75) is 52.0 Å². The van der Waals surface area contributed by atoms with Crippen LogP contribution in [0.5, 0.6) is 0 Å². The topological polar surface area (TPSA) is 12.0 Å². The molecule has 1 atom stereocenters. The van der Waals surface area contributed by atoms with Crippen LogP contribution in [-0.4, -0.2) is 6.04 Å². The van der Waals surface area contributed by atoms with Crippen molar-refractivity contribution in [3.63, 3.8) is 0 Å². The highest BCUT2D eigenvalue weighted by Gasteiger charge is 2.09. The highest BCUT2D eigenvalue weighted by atomic mass is 35.5. The van der Waals surface area contributed by atoms with Crippen LogP contribution in [0.3, 0.4) is 0 Å². The lowest BCUT2D eigenvalue weighted by Crippen LogP contribution is -2.16. The average molecular weight is 258 g/mol. The number of para-hydroxylation sites is 1. The fraction of sp³-hybridized carbons (Fsp3) is 0.571. The molecule has 1 nitrogen and oxygen atoms in total. The summed E-state index contributed by atoms with van der Waals surface area (Å²) in [5.74, 6) is -0.280. The van der Waals surface area contributed by atoms with Gasteiger partial charge in [0.05, 0.1) is 10.7 Å². The number of anilines is 1. The van der Waals surface area contributed by atoms with Crippen LogP contribution in [0.4, 0.5) is 10.1 Å². The molecule has 0 aliphatic heterocycles. The summed E-state index contributed by atoms with van der Waals surface area (Å²) < 4.78 is 13.5. The fourth-order valence-electron chi connectivity index (χ4n) is 1.83.